The largest absolute Gasteiger partial charge is 0.454 e. The molecule has 2 N–H and O–H groups in total. The van der Waals surface area contributed by atoms with Crippen LogP contribution in [0.25, 0.3) is 0 Å². The Balaban J connectivity index is 2.37. The second-order valence-corrected chi connectivity index (χ2v) is 3.54. The average molecular weight is 246 g/mol. The molecule has 0 unspecified atom stereocenters. The normalized spacial score (nSPS) is 9.83. The predicted octanol–water partition coefficient (Wildman–Crippen LogP) is 3.21. The number of benzene rings is 2. The summed E-state index contributed by atoms with van der Waals surface area (Å²) in [4.78, 5) is 0. The van der Waals surface area contributed by atoms with Gasteiger partial charge in [-0.1, -0.05) is 0 Å². The van der Waals surface area contributed by atoms with Crippen molar-refractivity contribution < 1.29 is 13.5 Å². The molecule has 18 heavy (non-hydrogen) atoms. The van der Waals surface area contributed by atoms with Gasteiger partial charge < -0.3 is 10.5 Å². The molecule has 2 aromatic carbocycles. The van der Waals surface area contributed by atoms with Gasteiger partial charge in [0.1, 0.15) is 23.5 Å². The first-order valence-corrected chi connectivity index (χ1v) is 5.02. The van der Waals surface area contributed by atoms with Crippen LogP contribution in [0.2, 0.25) is 0 Å². The highest BCUT2D eigenvalue weighted by molar-refractivity contribution is 5.55. The first kappa shape index (κ1) is 11.9. The van der Waals surface area contributed by atoms with E-state index in [2.05, 4.69) is 0 Å². The first-order valence-electron chi connectivity index (χ1n) is 5.02. The van der Waals surface area contributed by atoms with Gasteiger partial charge in [0.05, 0.1) is 11.3 Å². The van der Waals surface area contributed by atoms with Crippen LogP contribution in [0.4, 0.5) is 14.5 Å². The lowest BCUT2D eigenvalue weighted by atomic mass is 10.2. The maximum Gasteiger partial charge on any atom is 0.150 e. The lowest BCUT2D eigenvalue weighted by Gasteiger charge is -2.09. The fraction of sp³-hybridized carbons (Fsp3) is 0. The van der Waals surface area contributed by atoms with Crippen LogP contribution >= 0.6 is 0 Å². The molecule has 2 rings (SSSR count). The van der Waals surface area contributed by atoms with E-state index in [1.54, 1.807) is 0 Å². The van der Waals surface area contributed by atoms with Crippen LogP contribution in [0, 0.1) is 23.0 Å². The number of hydrogen-bond donors (Lipinski definition) is 1. The van der Waals surface area contributed by atoms with Gasteiger partial charge >= 0.3 is 0 Å². The Morgan fingerprint density at radius 3 is 2.22 bits per heavy atom. The summed E-state index contributed by atoms with van der Waals surface area (Å²) in [5.74, 6) is -0.651. The molecule has 0 spiro atoms. The van der Waals surface area contributed by atoms with Crippen LogP contribution in [0.1, 0.15) is 5.56 Å². The second kappa shape index (κ2) is 4.72. The Hall–Kier alpha value is -2.61. The molecule has 0 aliphatic carbocycles. The van der Waals surface area contributed by atoms with Crippen molar-refractivity contribution in [1.29, 1.82) is 5.26 Å². The Morgan fingerprint density at radius 1 is 1.00 bits per heavy atom. The van der Waals surface area contributed by atoms with Gasteiger partial charge in [-0.2, -0.15) is 5.26 Å². The molecule has 0 heterocycles. The Kier molecular flexibility index (Phi) is 3.11. The van der Waals surface area contributed by atoms with Gasteiger partial charge in [0, 0.05) is 6.07 Å². The van der Waals surface area contributed by atoms with E-state index in [0.29, 0.717) is 0 Å². The number of nitrogens with two attached hydrogens (primary N) is 1. The third kappa shape index (κ3) is 2.38. The number of hydrogen-bond acceptors (Lipinski definition) is 3. The number of nitriles is 1. The Labute approximate surface area is 102 Å². The summed E-state index contributed by atoms with van der Waals surface area (Å²) in [5, 5.41) is 8.85. The van der Waals surface area contributed by atoms with E-state index in [9.17, 15) is 8.78 Å². The standard InChI is InChI=1S/C13H8F2N2O/c14-9-1-3-12(8(5-9)7-16)18-13-4-2-10(15)6-11(13)17/h1-6H,17H2. The molecule has 0 fully saturated rings. The molecule has 5 heteroatoms. The maximum atomic E-state index is 12.9. The second-order valence-electron chi connectivity index (χ2n) is 3.54. The van der Waals surface area contributed by atoms with Gasteiger partial charge in [0.2, 0.25) is 0 Å². The number of nitrogen functional groups attached to an aromatic ring is 1. The maximum absolute atomic E-state index is 12.9. The zero-order chi connectivity index (χ0) is 13.1. The minimum absolute atomic E-state index is 0.0405. The molecule has 90 valence electrons. The van der Waals surface area contributed by atoms with Crippen molar-refractivity contribution in [3.05, 3.63) is 53.6 Å². The molecule has 0 saturated carbocycles. The van der Waals surface area contributed by atoms with Crippen LogP contribution < -0.4 is 10.5 Å². The lowest BCUT2D eigenvalue weighted by molar-refractivity contribution is 0.479. The van der Waals surface area contributed by atoms with E-state index < -0.39 is 11.6 Å². The summed E-state index contributed by atoms with van der Waals surface area (Å²) in [6, 6.07) is 8.96. The monoisotopic (exact) mass is 246 g/mol. The van der Waals surface area contributed by atoms with Gasteiger partial charge in [-0.05, 0) is 30.3 Å². The molecule has 0 aliphatic rings. The Bertz CT molecular complexity index is 635. The van der Waals surface area contributed by atoms with Crippen molar-refractivity contribution in [2.45, 2.75) is 0 Å². The molecule has 0 saturated heterocycles. The van der Waals surface area contributed by atoms with Crippen molar-refractivity contribution in [3.63, 3.8) is 0 Å². The van der Waals surface area contributed by atoms with E-state index >= 15 is 0 Å². The molecule has 2 aromatic rings. The molecule has 0 atom stereocenters. The first-order chi connectivity index (χ1) is 8.60. The summed E-state index contributed by atoms with van der Waals surface area (Å²) in [5.41, 5.74) is 5.71. The average Bonchev–Trinajstić information content (AvgIpc) is 2.34. The smallest absolute Gasteiger partial charge is 0.150 e. The van der Waals surface area contributed by atoms with Crippen molar-refractivity contribution >= 4 is 5.69 Å². The van der Waals surface area contributed by atoms with E-state index in [1.807, 2.05) is 6.07 Å². The SMILES string of the molecule is N#Cc1cc(F)ccc1Oc1ccc(F)cc1N. The van der Waals surface area contributed by atoms with E-state index in [1.165, 1.54) is 18.2 Å². The highest BCUT2D eigenvalue weighted by Gasteiger charge is 2.08. The molecule has 0 radical (unpaired) electrons. The van der Waals surface area contributed by atoms with E-state index in [4.69, 9.17) is 15.7 Å². The third-order valence-electron chi connectivity index (χ3n) is 2.25. The lowest BCUT2D eigenvalue weighted by Crippen LogP contribution is -1.95. The fourth-order valence-corrected chi connectivity index (χ4v) is 1.41. The summed E-state index contributed by atoms with van der Waals surface area (Å²) in [7, 11) is 0. The van der Waals surface area contributed by atoms with Crippen LogP contribution in [0.3, 0.4) is 0 Å². The minimum atomic E-state index is -0.536. The van der Waals surface area contributed by atoms with Crippen LogP contribution in [0.5, 0.6) is 11.5 Å². The predicted molar refractivity (Wildman–Crippen MR) is 62.0 cm³/mol. The number of ether oxygens (including phenoxy) is 1. The Morgan fingerprint density at radius 2 is 1.61 bits per heavy atom. The zero-order valence-electron chi connectivity index (χ0n) is 9.15. The molecular weight excluding hydrogens is 238 g/mol. The minimum Gasteiger partial charge on any atom is -0.454 e. The van der Waals surface area contributed by atoms with Crippen molar-refractivity contribution in [3.8, 4) is 17.6 Å². The number of halogens is 2. The molecule has 0 aromatic heterocycles. The molecule has 0 bridgehead atoms. The number of anilines is 1. The highest BCUT2D eigenvalue weighted by Crippen LogP contribution is 2.30. The number of rotatable bonds is 2. The third-order valence-corrected chi connectivity index (χ3v) is 2.25. The van der Waals surface area contributed by atoms with Crippen molar-refractivity contribution in [1.82, 2.24) is 0 Å². The fourth-order valence-electron chi connectivity index (χ4n) is 1.41. The van der Waals surface area contributed by atoms with Crippen LogP contribution in [0.15, 0.2) is 36.4 Å². The summed E-state index contributed by atoms with van der Waals surface area (Å²) >= 11 is 0. The van der Waals surface area contributed by atoms with Gasteiger partial charge in [0.25, 0.3) is 0 Å². The van der Waals surface area contributed by atoms with Crippen LogP contribution in [-0.4, -0.2) is 0 Å². The van der Waals surface area contributed by atoms with Crippen molar-refractivity contribution in [2.75, 3.05) is 5.73 Å². The van der Waals surface area contributed by atoms with Gasteiger partial charge in [0.15, 0.2) is 5.75 Å². The van der Waals surface area contributed by atoms with Gasteiger partial charge in [-0.25, -0.2) is 8.78 Å². The quantitative estimate of drug-likeness (QED) is 0.827. The van der Waals surface area contributed by atoms with Crippen molar-refractivity contribution in [2.24, 2.45) is 0 Å². The van der Waals surface area contributed by atoms with Gasteiger partial charge in [-0.15, -0.1) is 0 Å². The molecule has 0 aliphatic heterocycles. The topological polar surface area (TPSA) is 59.0 Å². The molecular formula is C13H8F2N2O. The summed E-state index contributed by atoms with van der Waals surface area (Å²) < 4.78 is 31.1. The van der Waals surface area contributed by atoms with E-state index in [0.717, 1.165) is 18.2 Å². The molecule has 0 amide bonds. The number of nitrogens with zero attached hydrogens (tertiary/aromatic N) is 1. The van der Waals surface area contributed by atoms with E-state index in [-0.39, 0.29) is 22.7 Å². The highest BCUT2D eigenvalue weighted by atomic mass is 19.1. The summed E-state index contributed by atoms with van der Waals surface area (Å²) in [6.07, 6.45) is 0. The molecule has 3 nitrogen and oxygen atoms in total. The zero-order valence-corrected chi connectivity index (χ0v) is 9.15. The van der Waals surface area contributed by atoms with Crippen LogP contribution in [-0.2, 0) is 0 Å². The van der Waals surface area contributed by atoms with Gasteiger partial charge in [-0.3, -0.25) is 0 Å². The summed E-state index contributed by atoms with van der Waals surface area (Å²) in [6.45, 7) is 0.